The number of hydrogen-bond acceptors (Lipinski definition) is 5. The van der Waals surface area contributed by atoms with E-state index in [4.69, 9.17) is 27.9 Å². The van der Waals surface area contributed by atoms with Crippen LogP contribution in [0.3, 0.4) is 0 Å². The molecule has 0 radical (unpaired) electrons. The highest BCUT2D eigenvalue weighted by Crippen LogP contribution is 2.34. The van der Waals surface area contributed by atoms with Crippen LogP contribution in [0.5, 0.6) is 5.75 Å². The highest BCUT2D eigenvalue weighted by molar-refractivity contribution is 7.99. The van der Waals surface area contributed by atoms with Crippen molar-refractivity contribution in [2.75, 3.05) is 11.1 Å². The molecule has 1 aromatic heterocycles. The monoisotopic (exact) mass is 518 g/mol. The number of halogens is 5. The van der Waals surface area contributed by atoms with Crippen LogP contribution in [0.2, 0.25) is 10.0 Å². The van der Waals surface area contributed by atoms with Gasteiger partial charge in [-0.15, -0.1) is 10.2 Å². The van der Waals surface area contributed by atoms with Gasteiger partial charge in [-0.25, -0.2) is 0 Å². The van der Waals surface area contributed by atoms with E-state index in [-0.39, 0.29) is 16.5 Å². The molecule has 3 aromatic rings. The number of carbonyl (C=O) groups is 1. The number of nitrogens with one attached hydrogen (secondary N) is 1. The van der Waals surface area contributed by atoms with Gasteiger partial charge in [0.05, 0.1) is 22.0 Å². The minimum absolute atomic E-state index is 0.00533. The van der Waals surface area contributed by atoms with Gasteiger partial charge in [0, 0.05) is 12.1 Å². The lowest BCUT2D eigenvalue weighted by Gasteiger charge is -2.16. The van der Waals surface area contributed by atoms with E-state index in [1.54, 1.807) is 29.8 Å². The number of alkyl halides is 3. The van der Waals surface area contributed by atoms with E-state index in [1.807, 2.05) is 13.8 Å². The van der Waals surface area contributed by atoms with Gasteiger partial charge in [-0.2, -0.15) is 13.2 Å². The Balaban J connectivity index is 1.63. The number of thioether (sulfide) groups is 1. The molecule has 0 bridgehead atoms. The van der Waals surface area contributed by atoms with Gasteiger partial charge in [0.1, 0.15) is 5.75 Å². The number of ether oxygens (including phenoxy) is 1. The normalized spacial score (nSPS) is 12.5. The molecule has 1 heterocycles. The third kappa shape index (κ3) is 6.33. The van der Waals surface area contributed by atoms with E-state index >= 15 is 0 Å². The third-order valence-electron chi connectivity index (χ3n) is 4.57. The van der Waals surface area contributed by atoms with Gasteiger partial charge in [0.15, 0.2) is 17.1 Å². The Kier molecular flexibility index (Phi) is 7.81. The molecule has 0 fully saturated rings. The molecule has 0 spiro atoms. The Morgan fingerprint density at radius 1 is 1.21 bits per heavy atom. The smallest absolute Gasteiger partial charge is 0.416 e. The van der Waals surface area contributed by atoms with Crippen LogP contribution in [-0.4, -0.2) is 26.4 Å². The van der Waals surface area contributed by atoms with Gasteiger partial charge >= 0.3 is 6.18 Å². The second-order valence-corrected chi connectivity index (χ2v) is 8.89. The first kappa shape index (κ1) is 25.2. The topological polar surface area (TPSA) is 69.0 Å². The third-order valence-corrected chi connectivity index (χ3v) is 6.16. The zero-order chi connectivity index (χ0) is 24.3. The summed E-state index contributed by atoms with van der Waals surface area (Å²) in [6.07, 6.45) is -4.98. The number of aromatic nitrogens is 3. The van der Waals surface area contributed by atoms with Crippen molar-refractivity contribution < 1.29 is 22.7 Å². The molecule has 0 aliphatic rings. The molecular weight excluding hydrogens is 500 g/mol. The first-order valence-electron chi connectivity index (χ1n) is 9.57. The quantitative estimate of drug-likeness (QED) is 0.370. The fourth-order valence-corrected chi connectivity index (χ4v) is 4.02. The summed E-state index contributed by atoms with van der Waals surface area (Å²) in [6, 6.07) is 8.02. The van der Waals surface area contributed by atoms with Crippen molar-refractivity contribution in [2.45, 2.75) is 31.3 Å². The van der Waals surface area contributed by atoms with Crippen molar-refractivity contribution in [2.24, 2.45) is 7.05 Å². The summed E-state index contributed by atoms with van der Waals surface area (Å²) in [5.74, 6) is 0.547. The molecule has 0 saturated carbocycles. The van der Waals surface area contributed by atoms with E-state index in [1.165, 1.54) is 0 Å². The first-order chi connectivity index (χ1) is 15.5. The summed E-state index contributed by atoms with van der Waals surface area (Å²) in [6.45, 7) is 3.69. The van der Waals surface area contributed by atoms with Crippen LogP contribution in [-0.2, 0) is 18.0 Å². The Labute approximate surface area is 202 Å². The van der Waals surface area contributed by atoms with Gasteiger partial charge in [-0.3, -0.25) is 4.79 Å². The second kappa shape index (κ2) is 10.2. The van der Waals surface area contributed by atoms with E-state index in [9.17, 15) is 18.0 Å². The Hall–Kier alpha value is -2.43. The van der Waals surface area contributed by atoms with Gasteiger partial charge in [0.2, 0.25) is 5.91 Å². The van der Waals surface area contributed by atoms with Gasteiger partial charge < -0.3 is 14.6 Å². The number of aryl methyl sites for hydroxylation is 1. The lowest BCUT2D eigenvalue weighted by atomic mass is 10.2. The molecule has 2 aromatic carbocycles. The van der Waals surface area contributed by atoms with Crippen molar-refractivity contribution in [3.05, 3.63) is 63.4 Å². The minimum Gasteiger partial charge on any atom is -0.482 e. The fourth-order valence-electron chi connectivity index (χ4n) is 2.91. The second-order valence-electron chi connectivity index (χ2n) is 7.10. The molecule has 33 heavy (non-hydrogen) atoms. The SMILES string of the molecule is Cc1cc(Cl)ccc1OC(C)c1nnc(SCC(=O)Nc2cc(C(F)(F)F)ccc2Cl)n1C. The minimum atomic E-state index is -4.54. The summed E-state index contributed by atoms with van der Waals surface area (Å²) < 4.78 is 46.4. The summed E-state index contributed by atoms with van der Waals surface area (Å²) in [5.41, 5.74) is -0.148. The lowest BCUT2D eigenvalue weighted by Crippen LogP contribution is -2.16. The molecule has 0 saturated heterocycles. The van der Waals surface area contributed by atoms with Crippen LogP contribution in [0.25, 0.3) is 0 Å². The van der Waals surface area contributed by atoms with Crippen LogP contribution < -0.4 is 10.1 Å². The number of anilines is 1. The highest BCUT2D eigenvalue weighted by atomic mass is 35.5. The van der Waals surface area contributed by atoms with Gasteiger partial charge in [-0.1, -0.05) is 35.0 Å². The van der Waals surface area contributed by atoms with Crippen molar-refractivity contribution in [1.82, 2.24) is 14.8 Å². The molecule has 6 nitrogen and oxygen atoms in total. The summed E-state index contributed by atoms with van der Waals surface area (Å²) in [4.78, 5) is 12.3. The molecular formula is C21H19Cl2F3N4O2S. The molecule has 0 aliphatic heterocycles. The molecule has 1 N–H and O–H groups in total. The predicted molar refractivity (Wildman–Crippen MR) is 122 cm³/mol. The standard InChI is InChI=1S/C21H19Cl2F3N4O2S/c1-11-8-14(22)5-7-17(11)32-12(2)19-28-29-20(30(19)3)33-10-18(31)27-16-9-13(21(24,25)26)4-6-15(16)23/h4-9,12H,10H2,1-3H3,(H,27,31). The summed E-state index contributed by atoms with van der Waals surface area (Å²) in [5, 5.41) is 11.7. The number of benzene rings is 2. The van der Waals surface area contributed by atoms with E-state index in [2.05, 4.69) is 15.5 Å². The molecule has 176 valence electrons. The van der Waals surface area contributed by atoms with E-state index in [0.717, 1.165) is 35.5 Å². The molecule has 1 unspecified atom stereocenters. The van der Waals surface area contributed by atoms with Gasteiger partial charge in [-0.05, 0) is 55.8 Å². The van der Waals surface area contributed by atoms with E-state index in [0.29, 0.717) is 21.8 Å². The average molecular weight is 519 g/mol. The van der Waals surface area contributed by atoms with Crippen LogP contribution in [0.1, 0.15) is 30.0 Å². The lowest BCUT2D eigenvalue weighted by molar-refractivity contribution is -0.137. The highest BCUT2D eigenvalue weighted by Gasteiger charge is 2.31. The number of carbonyl (C=O) groups excluding carboxylic acids is 1. The van der Waals surface area contributed by atoms with Gasteiger partial charge in [0.25, 0.3) is 0 Å². The maximum atomic E-state index is 12.9. The number of hydrogen-bond donors (Lipinski definition) is 1. The number of amides is 1. The Morgan fingerprint density at radius 2 is 1.94 bits per heavy atom. The Bertz CT molecular complexity index is 1170. The maximum absolute atomic E-state index is 12.9. The molecule has 0 aliphatic carbocycles. The molecule has 3 rings (SSSR count). The number of rotatable bonds is 7. The molecule has 1 atom stereocenters. The average Bonchev–Trinajstić information content (AvgIpc) is 3.10. The van der Waals surface area contributed by atoms with Crippen LogP contribution >= 0.6 is 35.0 Å². The predicted octanol–water partition coefficient (Wildman–Crippen LogP) is 6.32. The van der Waals surface area contributed by atoms with Crippen LogP contribution in [0, 0.1) is 6.92 Å². The van der Waals surface area contributed by atoms with Crippen LogP contribution in [0.4, 0.5) is 18.9 Å². The fraction of sp³-hybridized carbons (Fsp3) is 0.286. The van der Waals surface area contributed by atoms with Crippen molar-refractivity contribution in [1.29, 1.82) is 0 Å². The Morgan fingerprint density at radius 3 is 2.61 bits per heavy atom. The maximum Gasteiger partial charge on any atom is 0.416 e. The van der Waals surface area contributed by atoms with Crippen LogP contribution in [0.15, 0.2) is 41.6 Å². The first-order valence-corrected chi connectivity index (χ1v) is 11.3. The van der Waals surface area contributed by atoms with Crippen molar-refractivity contribution >= 4 is 46.6 Å². The zero-order valence-electron chi connectivity index (χ0n) is 17.7. The van der Waals surface area contributed by atoms with Crippen molar-refractivity contribution in [3.8, 4) is 5.75 Å². The summed E-state index contributed by atoms with van der Waals surface area (Å²) in [7, 11) is 1.73. The number of nitrogens with zero attached hydrogens (tertiary/aromatic N) is 3. The van der Waals surface area contributed by atoms with Crippen molar-refractivity contribution in [3.63, 3.8) is 0 Å². The largest absolute Gasteiger partial charge is 0.482 e. The summed E-state index contributed by atoms with van der Waals surface area (Å²) >= 11 is 13.0. The molecule has 12 heteroatoms. The zero-order valence-corrected chi connectivity index (χ0v) is 20.0. The van der Waals surface area contributed by atoms with E-state index < -0.39 is 23.8 Å². The molecule has 1 amide bonds.